The Morgan fingerprint density at radius 1 is 0.519 bits per heavy atom. The molecule has 2 unspecified atom stereocenters. The van der Waals surface area contributed by atoms with Crippen molar-refractivity contribution in [3.05, 3.63) is 0 Å². The Hall–Kier alpha value is 0.154. The summed E-state index contributed by atoms with van der Waals surface area (Å²) in [7, 11) is -5.41. The molecule has 0 rings (SSSR count). The molecule has 0 aliphatic heterocycles. The minimum Gasteiger partial charge on any atom is -0.374 e. The molecule has 0 amide bonds. The van der Waals surface area contributed by atoms with E-state index in [-0.39, 0.29) is 11.1 Å². The van der Waals surface area contributed by atoms with Crippen LogP contribution in [0.2, 0.25) is 11.1 Å². The van der Waals surface area contributed by atoms with Crippen molar-refractivity contribution in [2.24, 2.45) is 0 Å². The van der Waals surface area contributed by atoms with E-state index in [1.165, 1.54) is 0 Å². The molecule has 0 aromatic heterocycles. The van der Waals surface area contributed by atoms with Crippen LogP contribution in [0.25, 0.3) is 0 Å². The topological polar surface area (TPSA) is 67.4 Å². The van der Waals surface area contributed by atoms with E-state index in [9.17, 15) is 0 Å². The van der Waals surface area contributed by atoms with Gasteiger partial charge in [-0.3, -0.25) is 0 Å². The van der Waals surface area contributed by atoms with Crippen LogP contribution in [-0.2, 0) is 26.6 Å². The highest BCUT2D eigenvalue weighted by Gasteiger charge is 2.48. The number of hydrogen-bond donors (Lipinski definition) is 1. The minimum atomic E-state index is -2.71. The van der Waals surface area contributed by atoms with Crippen molar-refractivity contribution in [2.75, 3.05) is 52.7 Å². The van der Waals surface area contributed by atoms with E-state index < -0.39 is 17.6 Å². The molecule has 0 heterocycles. The molecular weight excluding hydrogens is 382 g/mol. The van der Waals surface area contributed by atoms with Crippen molar-refractivity contribution < 1.29 is 26.6 Å². The molecule has 9 heteroatoms. The summed E-state index contributed by atoms with van der Waals surface area (Å²) in [5.74, 6) is 0. The highest BCUT2D eigenvalue weighted by molar-refractivity contribution is 6.63. The van der Waals surface area contributed by atoms with E-state index in [2.05, 4.69) is 19.2 Å². The van der Waals surface area contributed by atoms with Gasteiger partial charge in [0.1, 0.15) is 0 Å². The summed E-state index contributed by atoms with van der Waals surface area (Å²) >= 11 is 0. The van der Waals surface area contributed by atoms with Crippen LogP contribution in [0.15, 0.2) is 0 Å². The lowest BCUT2D eigenvalue weighted by atomic mass is 10.4. The van der Waals surface area contributed by atoms with Crippen molar-refractivity contribution in [1.29, 1.82) is 0 Å². The summed E-state index contributed by atoms with van der Waals surface area (Å²) in [4.78, 5) is 0. The second-order valence-electron chi connectivity index (χ2n) is 6.27. The van der Waals surface area contributed by atoms with Gasteiger partial charge in [0.05, 0.1) is 0 Å². The molecule has 0 aliphatic carbocycles. The average Bonchev–Trinajstić information content (AvgIpc) is 2.62. The van der Waals surface area contributed by atoms with E-state index >= 15 is 0 Å². The van der Waals surface area contributed by atoms with Crippen LogP contribution in [0, 0.1) is 0 Å². The van der Waals surface area contributed by atoms with Gasteiger partial charge in [0.15, 0.2) is 0 Å². The zero-order valence-corrected chi connectivity index (χ0v) is 20.8. The van der Waals surface area contributed by atoms with Gasteiger partial charge < -0.3 is 31.9 Å². The Morgan fingerprint density at radius 2 is 0.741 bits per heavy atom. The van der Waals surface area contributed by atoms with Crippen LogP contribution in [0.1, 0.15) is 55.4 Å². The molecule has 0 saturated carbocycles. The normalized spacial score (nSPS) is 15.1. The van der Waals surface area contributed by atoms with Crippen molar-refractivity contribution in [3.63, 3.8) is 0 Å². The molecule has 164 valence electrons. The third kappa shape index (κ3) is 8.59. The van der Waals surface area contributed by atoms with Gasteiger partial charge in [-0.2, -0.15) is 0 Å². The molecule has 0 fully saturated rings. The molecule has 0 spiro atoms. The number of rotatable bonds is 18. The molecule has 0 aromatic carbocycles. The third-order valence-electron chi connectivity index (χ3n) is 4.18. The van der Waals surface area contributed by atoms with Crippen LogP contribution in [-0.4, -0.2) is 70.3 Å². The molecule has 2 atom stereocenters. The first-order chi connectivity index (χ1) is 12.9. The van der Waals surface area contributed by atoms with Gasteiger partial charge in [-0.05, 0) is 41.5 Å². The van der Waals surface area contributed by atoms with Gasteiger partial charge in [0, 0.05) is 63.8 Å². The number of nitrogens with one attached hydrogen (secondary N) is 1. The second-order valence-corrected chi connectivity index (χ2v) is 12.4. The molecule has 0 bridgehead atoms. The molecule has 0 aliphatic rings. The SMILES string of the molecule is CCO[Si](OCC)(OCC)C(C)CNCC(C)[Si](OCC)(OCC)OCC. The van der Waals surface area contributed by atoms with E-state index in [4.69, 9.17) is 26.6 Å². The van der Waals surface area contributed by atoms with Crippen molar-refractivity contribution in [1.82, 2.24) is 5.32 Å². The van der Waals surface area contributed by atoms with Gasteiger partial charge in [-0.1, -0.05) is 13.8 Å². The fraction of sp³-hybridized carbons (Fsp3) is 1.00. The lowest BCUT2D eigenvalue weighted by Crippen LogP contribution is -2.54. The van der Waals surface area contributed by atoms with E-state index in [0.717, 1.165) is 13.1 Å². The summed E-state index contributed by atoms with van der Waals surface area (Å²) in [6.07, 6.45) is 0. The second kappa shape index (κ2) is 15.1. The molecule has 7 nitrogen and oxygen atoms in total. The first-order valence-electron chi connectivity index (χ1n) is 10.5. The standard InChI is InChI=1S/C18H43NO6Si2/c1-9-20-26(21-10-2,22-11-3)17(7)15-19-16-18(8)27(23-12-4,24-13-5)25-14-6/h17-19H,9-16H2,1-8H3. The van der Waals surface area contributed by atoms with Crippen LogP contribution >= 0.6 is 0 Å². The van der Waals surface area contributed by atoms with Crippen LogP contribution in [0.4, 0.5) is 0 Å². The molecule has 0 radical (unpaired) electrons. The van der Waals surface area contributed by atoms with Gasteiger partial charge in [-0.15, -0.1) is 0 Å². The maximum atomic E-state index is 6.00. The Morgan fingerprint density at radius 3 is 0.926 bits per heavy atom. The van der Waals surface area contributed by atoms with Crippen LogP contribution < -0.4 is 5.32 Å². The largest absolute Gasteiger partial charge is 0.505 e. The summed E-state index contributed by atoms with van der Waals surface area (Å²) < 4.78 is 36.0. The van der Waals surface area contributed by atoms with Gasteiger partial charge in [0.2, 0.25) is 0 Å². The predicted molar refractivity (Wildman–Crippen MR) is 113 cm³/mol. The molecule has 1 N–H and O–H groups in total. The smallest absolute Gasteiger partial charge is 0.374 e. The first-order valence-corrected chi connectivity index (χ1v) is 14.1. The van der Waals surface area contributed by atoms with Crippen LogP contribution in [0.5, 0.6) is 0 Å². The van der Waals surface area contributed by atoms with Crippen LogP contribution in [0.3, 0.4) is 0 Å². The van der Waals surface area contributed by atoms with Crippen molar-refractivity contribution in [2.45, 2.75) is 66.5 Å². The summed E-state index contributed by atoms with van der Waals surface area (Å²) in [6, 6.07) is 0. The number of hydrogen-bond acceptors (Lipinski definition) is 7. The maximum Gasteiger partial charge on any atom is 0.505 e. The Bertz CT molecular complexity index is 299. The summed E-state index contributed by atoms with van der Waals surface area (Å²) in [6.45, 7) is 21.1. The Kier molecular flexibility index (Phi) is 15.1. The first kappa shape index (κ1) is 27.2. The molecule has 0 saturated heterocycles. The molecular formula is C18H43NO6Si2. The Labute approximate surface area is 169 Å². The zero-order valence-electron chi connectivity index (χ0n) is 18.8. The monoisotopic (exact) mass is 425 g/mol. The Balaban J connectivity index is 4.95. The van der Waals surface area contributed by atoms with E-state index in [1.54, 1.807) is 0 Å². The van der Waals surface area contributed by atoms with Crippen molar-refractivity contribution in [3.8, 4) is 0 Å². The summed E-state index contributed by atoms with van der Waals surface area (Å²) in [5, 5.41) is 3.54. The summed E-state index contributed by atoms with van der Waals surface area (Å²) in [5.41, 5.74) is 0.291. The predicted octanol–water partition coefficient (Wildman–Crippen LogP) is 3.45. The minimum absolute atomic E-state index is 0.145. The van der Waals surface area contributed by atoms with Crippen molar-refractivity contribution >= 4 is 17.6 Å². The van der Waals surface area contributed by atoms with E-state index in [1.807, 2.05) is 41.5 Å². The van der Waals surface area contributed by atoms with Gasteiger partial charge in [-0.25, -0.2) is 0 Å². The van der Waals surface area contributed by atoms with E-state index in [0.29, 0.717) is 39.6 Å². The fourth-order valence-corrected chi connectivity index (χ4v) is 8.49. The lowest BCUT2D eigenvalue weighted by Gasteiger charge is -2.35. The highest BCUT2D eigenvalue weighted by Crippen LogP contribution is 2.27. The van der Waals surface area contributed by atoms with Gasteiger partial charge >= 0.3 is 17.6 Å². The molecule has 0 aromatic rings. The third-order valence-corrected chi connectivity index (χ3v) is 11.2. The fourth-order valence-electron chi connectivity index (χ4n) is 3.08. The average molecular weight is 426 g/mol. The molecule has 27 heavy (non-hydrogen) atoms. The highest BCUT2D eigenvalue weighted by atomic mass is 28.4. The van der Waals surface area contributed by atoms with Gasteiger partial charge in [0.25, 0.3) is 0 Å². The zero-order chi connectivity index (χ0) is 20.8. The maximum absolute atomic E-state index is 6.00. The lowest BCUT2D eigenvalue weighted by molar-refractivity contribution is 0.0604. The quantitative estimate of drug-likeness (QED) is 0.337.